The number of amides is 1. The number of carbonyl (C=O) groups excluding carboxylic acids is 1. The molecule has 3 N–H and O–H groups in total. The van der Waals surface area contributed by atoms with Crippen molar-refractivity contribution in [2.24, 2.45) is 0 Å². The summed E-state index contributed by atoms with van der Waals surface area (Å²) in [6, 6.07) is 5.54. The van der Waals surface area contributed by atoms with Crippen molar-refractivity contribution >= 4 is 22.6 Å². The van der Waals surface area contributed by atoms with Crippen LogP contribution >= 0.6 is 0 Å². The van der Waals surface area contributed by atoms with E-state index in [1.165, 1.54) is 25.7 Å². The second-order valence-electron chi connectivity index (χ2n) is 6.27. The van der Waals surface area contributed by atoms with Gasteiger partial charge in [-0.25, -0.2) is 4.98 Å². The van der Waals surface area contributed by atoms with Crippen LogP contribution in [0.3, 0.4) is 0 Å². The van der Waals surface area contributed by atoms with Gasteiger partial charge in [0.25, 0.3) is 0 Å². The van der Waals surface area contributed by atoms with Gasteiger partial charge in [0.2, 0.25) is 5.91 Å². The van der Waals surface area contributed by atoms with Gasteiger partial charge in [-0.05, 0) is 51.1 Å². The van der Waals surface area contributed by atoms with Crippen molar-refractivity contribution in [3.05, 3.63) is 24.0 Å². The minimum atomic E-state index is -0.636. The number of aromatic nitrogens is 2. The number of imidazole rings is 1. The Morgan fingerprint density at radius 2 is 2.09 bits per heavy atom. The Hall–Kier alpha value is -1.92. The largest absolute Gasteiger partial charge is 0.385 e. The molecule has 1 saturated heterocycles. The summed E-state index contributed by atoms with van der Waals surface area (Å²) in [5.74, 6) is 0.551. The number of fused-ring (bicyclic) bond motifs is 1. The standard InChI is InChI=1S/C17H24N4O2/c1-12(22)17-19-14-7-6-13(10-15(14)20-17)18-16(23)11-21-8-4-2-3-5-9-21/h6-7,10,12,22H,2-5,8-9,11H2,1H3,(H,18,23)(H,19,20)/t12-/m0/s1. The first kappa shape index (κ1) is 16.0. The van der Waals surface area contributed by atoms with Crippen LogP contribution in [-0.4, -0.2) is 45.5 Å². The molecule has 1 fully saturated rings. The van der Waals surface area contributed by atoms with Crippen molar-refractivity contribution in [2.45, 2.75) is 38.7 Å². The van der Waals surface area contributed by atoms with Crippen LogP contribution in [0.1, 0.15) is 44.5 Å². The third-order valence-corrected chi connectivity index (χ3v) is 4.25. The average Bonchev–Trinajstić information content (AvgIpc) is 2.77. The van der Waals surface area contributed by atoms with E-state index in [9.17, 15) is 9.90 Å². The zero-order chi connectivity index (χ0) is 16.2. The summed E-state index contributed by atoms with van der Waals surface area (Å²) in [6.07, 6.45) is 4.24. The fraction of sp³-hybridized carbons (Fsp3) is 0.529. The molecule has 0 bridgehead atoms. The van der Waals surface area contributed by atoms with Crippen molar-refractivity contribution in [3.8, 4) is 0 Å². The summed E-state index contributed by atoms with van der Waals surface area (Å²) in [5, 5.41) is 12.5. The molecule has 6 nitrogen and oxygen atoms in total. The number of likely N-dealkylation sites (tertiary alicyclic amines) is 1. The summed E-state index contributed by atoms with van der Waals surface area (Å²) in [6.45, 7) is 4.12. The molecule has 0 aliphatic carbocycles. The van der Waals surface area contributed by atoms with Crippen LogP contribution in [0.25, 0.3) is 11.0 Å². The summed E-state index contributed by atoms with van der Waals surface area (Å²) in [5.41, 5.74) is 2.35. The van der Waals surface area contributed by atoms with Gasteiger partial charge in [0.05, 0.1) is 17.6 Å². The molecule has 1 aliphatic rings. The van der Waals surface area contributed by atoms with Crippen LogP contribution < -0.4 is 5.32 Å². The number of anilines is 1. The van der Waals surface area contributed by atoms with E-state index >= 15 is 0 Å². The van der Waals surface area contributed by atoms with Crippen LogP contribution in [0.5, 0.6) is 0 Å². The number of benzene rings is 1. The fourth-order valence-electron chi connectivity index (χ4n) is 3.00. The Morgan fingerprint density at radius 1 is 1.35 bits per heavy atom. The fourth-order valence-corrected chi connectivity index (χ4v) is 3.00. The third-order valence-electron chi connectivity index (χ3n) is 4.25. The number of rotatable bonds is 4. The molecule has 0 unspecified atom stereocenters. The molecule has 1 aromatic carbocycles. The maximum Gasteiger partial charge on any atom is 0.238 e. The first-order valence-electron chi connectivity index (χ1n) is 8.32. The van der Waals surface area contributed by atoms with Crippen molar-refractivity contribution in [1.29, 1.82) is 0 Å². The summed E-state index contributed by atoms with van der Waals surface area (Å²) < 4.78 is 0. The number of hydrogen-bond acceptors (Lipinski definition) is 4. The number of H-pyrrole nitrogens is 1. The van der Waals surface area contributed by atoms with E-state index in [1.807, 2.05) is 18.2 Å². The smallest absolute Gasteiger partial charge is 0.238 e. The highest BCUT2D eigenvalue weighted by Crippen LogP contribution is 2.20. The Bertz CT molecular complexity index is 672. The molecule has 6 heteroatoms. The maximum absolute atomic E-state index is 12.2. The van der Waals surface area contributed by atoms with Gasteiger partial charge >= 0.3 is 0 Å². The number of hydrogen-bond donors (Lipinski definition) is 3. The number of aromatic amines is 1. The molecule has 2 heterocycles. The third kappa shape index (κ3) is 4.09. The van der Waals surface area contributed by atoms with E-state index in [2.05, 4.69) is 20.2 Å². The van der Waals surface area contributed by atoms with Crippen LogP contribution in [0.15, 0.2) is 18.2 Å². The molecular weight excluding hydrogens is 292 g/mol. The molecule has 0 saturated carbocycles. The van der Waals surface area contributed by atoms with E-state index < -0.39 is 6.10 Å². The second kappa shape index (κ2) is 7.10. The normalized spacial score (nSPS) is 17.8. The highest BCUT2D eigenvalue weighted by Gasteiger charge is 2.14. The van der Waals surface area contributed by atoms with E-state index in [0.717, 1.165) is 29.8 Å². The monoisotopic (exact) mass is 316 g/mol. The molecule has 1 atom stereocenters. The van der Waals surface area contributed by atoms with Crippen molar-refractivity contribution in [1.82, 2.24) is 14.9 Å². The van der Waals surface area contributed by atoms with E-state index in [0.29, 0.717) is 12.4 Å². The first-order valence-corrected chi connectivity index (χ1v) is 8.32. The zero-order valence-corrected chi connectivity index (χ0v) is 13.5. The topological polar surface area (TPSA) is 81.2 Å². The minimum Gasteiger partial charge on any atom is -0.385 e. The molecule has 0 spiro atoms. The van der Waals surface area contributed by atoms with Gasteiger partial charge in [-0.2, -0.15) is 0 Å². The molecular formula is C17H24N4O2. The molecule has 1 aromatic heterocycles. The van der Waals surface area contributed by atoms with Crippen LogP contribution in [0.2, 0.25) is 0 Å². The lowest BCUT2D eigenvalue weighted by Crippen LogP contribution is -2.33. The summed E-state index contributed by atoms with van der Waals surface area (Å²) in [7, 11) is 0. The van der Waals surface area contributed by atoms with E-state index in [-0.39, 0.29) is 5.91 Å². The van der Waals surface area contributed by atoms with Gasteiger partial charge in [-0.15, -0.1) is 0 Å². The average molecular weight is 316 g/mol. The van der Waals surface area contributed by atoms with Crippen molar-refractivity contribution in [2.75, 3.05) is 25.0 Å². The number of carbonyl (C=O) groups is 1. The number of nitrogens with one attached hydrogen (secondary N) is 2. The maximum atomic E-state index is 12.2. The van der Waals surface area contributed by atoms with E-state index in [4.69, 9.17) is 0 Å². The molecule has 1 amide bonds. The molecule has 124 valence electrons. The lowest BCUT2D eigenvalue weighted by molar-refractivity contribution is -0.117. The highest BCUT2D eigenvalue weighted by atomic mass is 16.3. The molecule has 23 heavy (non-hydrogen) atoms. The SMILES string of the molecule is C[C@H](O)c1nc2ccc(NC(=O)CN3CCCCCC3)cc2[nH]1. The predicted octanol–water partition coefficient (Wildman–Crippen LogP) is 2.43. The molecule has 1 aliphatic heterocycles. The van der Waals surface area contributed by atoms with Gasteiger partial charge in [0.15, 0.2) is 0 Å². The lowest BCUT2D eigenvalue weighted by Gasteiger charge is -2.18. The van der Waals surface area contributed by atoms with E-state index in [1.54, 1.807) is 6.92 Å². The number of aliphatic hydroxyl groups excluding tert-OH is 1. The number of nitrogens with zero attached hydrogens (tertiary/aromatic N) is 2. The van der Waals surface area contributed by atoms with Gasteiger partial charge in [-0.3, -0.25) is 9.69 Å². The van der Waals surface area contributed by atoms with Crippen molar-refractivity contribution < 1.29 is 9.90 Å². The Balaban J connectivity index is 1.64. The quantitative estimate of drug-likeness (QED) is 0.809. The van der Waals surface area contributed by atoms with Gasteiger partial charge in [-0.1, -0.05) is 12.8 Å². The second-order valence-corrected chi connectivity index (χ2v) is 6.27. The predicted molar refractivity (Wildman–Crippen MR) is 90.3 cm³/mol. The summed E-state index contributed by atoms with van der Waals surface area (Å²) in [4.78, 5) is 21.8. The summed E-state index contributed by atoms with van der Waals surface area (Å²) >= 11 is 0. The van der Waals surface area contributed by atoms with Gasteiger partial charge in [0.1, 0.15) is 11.9 Å². The Kier molecular flexibility index (Phi) is 4.93. The molecule has 0 radical (unpaired) electrons. The Labute approximate surface area is 135 Å². The number of aliphatic hydroxyl groups is 1. The van der Waals surface area contributed by atoms with Gasteiger partial charge in [0, 0.05) is 5.69 Å². The van der Waals surface area contributed by atoms with Gasteiger partial charge < -0.3 is 15.4 Å². The Morgan fingerprint density at radius 3 is 2.78 bits per heavy atom. The zero-order valence-electron chi connectivity index (χ0n) is 13.5. The van der Waals surface area contributed by atoms with Crippen LogP contribution in [0.4, 0.5) is 5.69 Å². The van der Waals surface area contributed by atoms with Crippen LogP contribution in [-0.2, 0) is 4.79 Å². The molecule has 2 aromatic rings. The lowest BCUT2D eigenvalue weighted by atomic mass is 10.2. The highest BCUT2D eigenvalue weighted by molar-refractivity contribution is 5.94. The first-order chi connectivity index (χ1) is 11.1. The molecule has 3 rings (SSSR count). The van der Waals surface area contributed by atoms with Crippen molar-refractivity contribution in [3.63, 3.8) is 0 Å². The minimum absolute atomic E-state index is 0.0153. The van der Waals surface area contributed by atoms with Crippen LogP contribution in [0, 0.1) is 0 Å².